The number of aryl methyl sites for hydroxylation is 1. The topological polar surface area (TPSA) is 0 Å². The summed E-state index contributed by atoms with van der Waals surface area (Å²) in [6.45, 7) is 2.21. The SMILES string of the molecule is CCCCCc1ccc(C2=Cc3ccc(F)c(F)c3CC2)cc1. The van der Waals surface area contributed by atoms with Gasteiger partial charge in [-0.2, -0.15) is 0 Å². The van der Waals surface area contributed by atoms with Gasteiger partial charge in [-0.25, -0.2) is 8.78 Å². The van der Waals surface area contributed by atoms with Crippen LogP contribution in [0.4, 0.5) is 8.78 Å². The Labute approximate surface area is 136 Å². The summed E-state index contributed by atoms with van der Waals surface area (Å²) >= 11 is 0. The Balaban J connectivity index is 1.79. The zero-order chi connectivity index (χ0) is 16.2. The molecule has 0 atom stereocenters. The van der Waals surface area contributed by atoms with E-state index < -0.39 is 11.6 Å². The van der Waals surface area contributed by atoms with Crippen molar-refractivity contribution in [1.29, 1.82) is 0 Å². The van der Waals surface area contributed by atoms with E-state index in [-0.39, 0.29) is 0 Å². The molecule has 0 heterocycles. The highest BCUT2D eigenvalue weighted by atomic mass is 19.2. The van der Waals surface area contributed by atoms with Crippen molar-refractivity contribution in [2.75, 3.05) is 0 Å². The maximum absolute atomic E-state index is 13.8. The van der Waals surface area contributed by atoms with Crippen molar-refractivity contribution in [2.24, 2.45) is 0 Å². The van der Waals surface area contributed by atoms with Gasteiger partial charge >= 0.3 is 0 Å². The van der Waals surface area contributed by atoms with Gasteiger partial charge in [-0.15, -0.1) is 0 Å². The molecule has 0 saturated carbocycles. The first kappa shape index (κ1) is 15.9. The molecular weight excluding hydrogens is 290 g/mol. The molecule has 23 heavy (non-hydrogen) atoms. The van der Waals surface area contributed by atoms with E-state index in [9.17, 15) is 8.78 Å². The molecule has 0 aliphatic heterocycles. The monoisotopic (exact) mass is 312 g/mol. The van der Waals surface area contributed by atoms with E-state index in [1.807, 2.05) is 6.08 Å². The van der Waals surface area contributed by atoms with E-state index in [4.69, 9.17) is 0 Å². The summed E-state index contributed by atoms with van der Waals surface area (Å²) in [5, 5.41) is 0. The molecule has 0 amide bonds. The van der Waals surface area contributed by atoms with Crippen LogP contribution in [0.5, 0.6) is 0 Å². The Bertz CT molecular complexity index is 711. The second-order valence-corrected chi connectivity index (χ2v) is 6.25. The lowest BCUT2D eigenvalue weighted by Gasteiger charge is -2.18. The summed E-state index contributed by atoms with van der Waals surface area (Å²) < 4.78 is 27.1. The van der Waals surface area contributed by atoms with Gasteiger partial charge in [0.1, 0.15) is 0 Å². The minimum absolute atomic E-state index is 0.505. The molecule has 0 fully saturated rings. The van der Waals surface area contributed by atoms with E-state index in [0.717, 1.165) is 18.4 Å². The fourth-order valence-corrected chi connectivity index (χ4v) is 3.21. The predicted octanol–water partition coefficient (Wildman–Crippen LogP) is 6.18. The van der Waals surface area contributed by atoms with E-state index in [1.54, 1.807) is 6.07 Å². The normalized spacial score (nSPS) is 13.6. The lowest BCUT2D eigenvalue weighted by molar-refractivity contribution is 0.498. The maximum atomic E-state index is 13.8. The third kappa shape index (κ3) is 3.52. The molecule has 0 bridgehead atoms. The lowest BCUT2D eigenvalue weighted by atomic mass is 9.88. The van der Waals surface area contributed by atoms with Crippen LogP contribution in [0.1, 0.15) is 54.9 Å². The summed E-state index contributed by atoms with van der Waals surface area (Å²) in [6, 6.07) is 11.6. The standard InChI is InChI=1S/C21H22F2/c1-2-3-4-5-15-6-8-16(9-7-15)17-10-12-19-18(14-17)11-13-20(22)21(19)23/h6-9,11,13-14H,2-5,10,12H2,1H3. The average Bonchev–Trinajstić information content (AvgIpc) is 2.59. The number of rotatable bonds is 5. The highest BCUT2D eigenvalue weighted by Gasteiger charge is 2.17. The Morgan fingerprint density at radius 3 is 2.43 bits per heavy atom. The van der Waals surface area contributed by atoms with Gasteiger partial charge in [0.05, 0.1) is 0 Å². The van der Waals surface area contributed by atoms with Crippen LogP contribution in [-0.4, -0.2) is 0 Å². The molecular formula is C21H22F2. The van der Waals surface area contributed by atoms with Crippen LogP contribution in [0.15, 0.2) is 36.4 Å². The smallest absolute Gasteiger partial charge is 0.162 e. The van der Waals surface area contributed by atoms with Crippen molar-refractivity contribution in [3.63, 3.8) is 0 Å². The fraction of sp³-hybridized carbons (Fsp3) is 0.333. The van der Waals surface area contributed by atoms with Crippen molar-refractivity contribution in [1.82, 2.24) is 0 Å². The van der Waals surface area contributed by atoms with Crippen molar-refractivity contribution in [3.05, 3.63) is 70.3 Å². The minimum Gasteiger partial charge on any atom is -0.204 e. The zero-order valence-electron chi connectivity index (χ0n) is 13.5. The van der Waals surface area contributed by atoms with Crippen molar-refractivity contribution in [3.8, 4) is 0 Å². The van der Waals surface area contributed by atoms with E-state index in [2.05, 4.69) is 31.2 Å². The number of benzene rings is 2. The van der Waals surface area contributed by atoms with Gasteiger partial charge in [0.25, 0.3) is 0 Å². The van der Waals surface area contributed by atoms with Crippen LogP contribution in [0.2, 0.25) is 0 Å². The number of allylic oxidation sites excluding steroid dienone is 1. The predicted molar refractivity (Wildman–Crippen MR) is 92.2 cm³/mol. The average molecular weight is 312 g/mol. The molecule has 120 valence electrons. The second-order valence-electron chi connectivity index (χ2n) is 6.25. The molecule has 0 N–H and O–H groups in total. The van der Waals surface area contributed by atoms with Crippen LogP contribution < -0.4 is 0 Å². The fourth-order valence-electron chi connectivity index (χ4n) is 3.21. The number of hydrogen-bond donors (Lipinski definition) is 0. The molecule has 0 aromatic heterocycles. The molecule has 0 radical (unpaired) electrons. The number of halogens is 2. The Hall–Kier alpha value is -1.96. The van der Waals surface area contributed by atoms with Crippen LogP contribution >= 0.6 is 0 Å². The summed E-state index contributed by atoms with van der Waals surface area (Å²) in [4.78, 5) is 0. The number of fused-ring (bicyclic) bond motifs is 1. The Morgan fingerprint density at radius 2 is 1.70 bits per heavy atom. The Kier molecular flexibility index (Phi) is 4.90. The second kappa shape index (κ2) is 7.08. The van der Waals surface area contributed by atoms with Crippen LogP contribution in [0.25, 0.3) is 11.6 Å². The molecule has 1 aliphatic rings. The molecule has 0 saturated heterocycles. The summed E-state index contributed by atoms with van der Waals surface area (Å²) in [5.41, 5.74) is 5.05. The molecule has 2 aromatic rings. The van der Waals surface area contributed by atoms with Gasteiger partial charge in [-0.3, -0.25) is 0 Å². The quantitative estimate of drug-likeness (QED) is 0.578. The maximum Gasteiger partial charge on any atom is 0.162 e. The van der Waals surface area contributed by atoms with E-state index >= 15 is 0 Å². The van der Waals surface area contributed by atoms with Gasteiger partial charge < -0.3 is 0 Å². The molecule has 2 heteroatoms. The molecule has 0 unspecified atom stereocenters. The van der Waals surface area contributed by atoms with Crippen LogP contribution in [0, 0.1) is 11.6 Å². The van der Waals surface area contributed by atoms with Gasteiger partial charge in [0.2, 0.25) is 0 Å². The zero-order valence-corrected chi connectivity index (χ0v) is 13.5. The summed E-state index contributed by atoms with van der Waals surface area (Å²) in [6.07, 6.45) is 8.17. The highest BCUT2D eigenvalue weighted by molar-refractivity contribution is 5.84. The highest BCUT2D eigenvalue weighted by Crippen LogP contribution is 2.32. The minimum atomic E-state index is -0.753. The first-order chi connectivity index (χ1) is 11.2. The van der Waals surface area contributed by atoms with Gasteiger partial charge in [0, 0.05) is 0 Å². The third-order valence-electron chi connectivity index (χ3n) is 4.60. The van der Waals surface area contributed by atoms with Crippen molar-refractivity contribution in [2.45, 2.75) is 45.4 Å². The first-order valence-electron chi connectivity index (χ1n) is 8.46. The van der Waals surface area contributed by atoms with E-state index in [0.29, 0.717) is 12.0 Å². The van der Waals surface area contributed by atoms with Gasteiger partial charge in [0.15, 0.2) is 11.6 Å². The number of hydrogen-bond acceptors (Lipinski definition) is 0. The molecule has 0 spiro atoms. The van der Waals surface area contributed by atoms with Gasteiger partial charge in [-0.05, 0) is 59.6 Å². The molecule has 3 rings (SSSR count). The third-order valence-corrected chi connectivity index (χ3v) is 4.60. The number of unbranched alkanes of at least 4 members (excludes halogenated alkanes) is 2. The molecule has 0 nitrogen and oxygen atoms in total. The van der Waals surface area contributed by atoms with Gasteiger partial charge in [-0.1, -0.05) is 56.2 Å². The lowest BCUT2D eigenvalue weighted by Crippen LogP contribution is -2.04. The van der Waals surface area contributed by atoms with E-state index in [1.165, 1.54) is 42.0 Å². The van der Waals surface area contributed by atoms with Crippen molar-refractivity contribution >= 4 is 11.6 Å². The summed E-state index contributed by atoms with van der Waals surface area (Å²) in [7, 11) is 0. The van der Waals surface area contributed by atoms with Crippen LogP contribution in [-0.2, 0) is 12.8 Å². The van der Waals surface area contributed by atoms with Crippen LogP contribution in [0.3, 0.4) is 0 Å². The largest absolute Gasteiger partial charge is 0.204 e. The molecule has 2 aromatic carbocycles. The first-order valence-corrected chi connectivity index (χ1v) is 8.46. The Morgan fingerprint density at radius 1 is 0.913 bits per heavy atom. The molecule has 1 aliphatic carbocycles. The van der Waals surface area contributed by atoms with Crippen molar-refractivity contribution < 1.29 is 8.78 Å². The summed E-state index contributed by atoms with van der Waals surface area (Å²) in [5.74, 6) is -1.44.